The van der Waals surface area contributed by atoms with Crippen molar-refractivity contribution in [2.24, 2.45) is 0 Å². The van der Waals surface area contributed by atoms with Gasteiger partial charge in [0.25, 0.3) is 0 Å². The summed E-state index contributed by atoms with van der Waals surface area (Å²) in [6.45, 7) is 5.37. The molecule has 112 valence electrons. The molecule has 1 unspecified atom stereocenters. The van der Waals surface area contributed by atoms with Gasteiger partial charge in [-0.1, -0.05) is 48.9 Å². The monoisotopic (exact) mass is 283 g/mol. The van der Waals surface area contributed by atoms with Crippen molar-refractivity contribution in [3.63, 3.8) is 0 Å². The van der Waals surface area contributed by atoms with Gasteiger partial charge in [-0.2, -0.15) is 0 Å². The van der Waals surface area contributed by atoms with Crippen LogP contribution < -0.4 is 10.1 Å². The molecule has 0 bridgehead atoms. The Labute approximate surface area is 128 Å². The highest BCUT2D eigenvalue weighted by molar-refractivity contribution is 5.31. The van der Waals surface area contributed by atoms with Gasteiger partial charge < -0.3 is 10.1 Å². The molecule has 0 amide bonds. The van der Waals surface area contributed by atoms with Crippen molar-refractivity contribution in [1.29, 1.82) is 0 Å². The Bertz CT molecular complexity index is 548. The molecule has 2 aromatic rings. The van der Waals surface area contributed by atoms with Gasteiger partial charge in [-0.3, -0.25) is 0 Å². The van der Waals surface area contributed by atoms with E-state index in [1.54, 1.807) is 7.11 Å². The van der Waals surface area contributed by atoms with Crippen LogP contribution in [0.2, 0.25) is 0 Å². The fraction of sp³-hybridized carbons (Fsp3) is 0.368. The highest BCUT2D eigenvalue weighted by Crippen LogP contribution is 2.22. The number of benzene rings is 2. The smallest absolute Gasteiger partial charge is 0.118 e. The van der Waals surface area contributed by atoms with Crippen molar-refractivity contribution in [3.8, 4) is 5.75 Å². The van der Waals surface area contributed by atoms with Gasteiger partial charge in [-0.15, -0.1) is 0 Å². The number of nitrogens with one attached hydrogen (secondary N) is 1. The van der Waals surface area contributed by atoms with E-state index in [0.717, 1.165) is 25.1 Å². The average molecular weight is 283 g/mol. The zero-order valence-electron chi connectivity index (χ0n) is 13.2. The second kappa shape index (κ2) is 7.84. The lowest BCUT2D eigenvalue weighted by molar-refractivity contribution is 0.414. The summed E-state index contributed by atoms with van der Waals surface area (Å²) in [5.74, 6) is 0.906. The van der Waals surface area contributed by atoms with E-state index < -0.39 is 0 Å². The molecule has 0 aliphatic heterocycles. The molecule has 0 aliphatic carbocycles. The topological polar surface area (TPSA) is 21.3 Å². The summed E-state index contributed by atoms with van der Waals surface area (Å²) in [4.78, 5) is 0. The molecule has 1 atom stereocenters. The Morgan fingerprint density at radius 2 is 1.86 bits per heavy atom. The van der Waals surface area contributed by atoms with Gasteiger partial charge >= 0.3 is 0 Å². The van der Waals surface area contributed by atoms with Gasteiger partial charge in [0, 0.05) is 6.04 Å². The third-order valence-electron chi connectivity index (χ3n) is 3.68. The molecule has 21 heavy (non-hydrogen) atoms. The standard InChI is InChI=1S/C19H25NO/c1-4-12-20-19(14-16-7-5-6-15(2)13-16)17-8-10-18(21-3)11-9-17/h5-11,13,19-20H,4,12,14H2,1-3H3. The number of ether oxygens (including phenoxy) is 1. The number of methoxy groups -OCH3 is 1. The van der Waals surface area contributed by atoms with E-state index in [1.165, 1.54) is 16.7 Å². The van der Waals surface area contributed by atoms with E-state index >= 15 is 0 Å². The summed E-state index contributed by atoms with van der Waals surface area (Å²) in [6.07, 6.45) is 2.15. The van der Waals surface area contributed by atoms with Crippen molar-refractivity contribution in [3.05, 3.63) is 65.2 Å². The minimum atomic E-state index is 0.345. The fourth-order valence-corrected chi connectivity index (χ4v) is 2.54. The van der Waals surface area contributed by atoms with E-state index in [2.05, 4.69) is 55.6 Å². The largest absolute Gasteiger partial charge is 0.497 e. The van der Waals surface area contributed by atoms with Crippen molar-refractivity contribution in [1.82, 2.24) is 5.32 Å². The minimum Gasteiger partial charge on any atom is -0.497 e. The number of hydrogen-bond acceptors (Lipinski definition) is 2. The number of rotatable bonds is 7. The van der Waals surface area contributed by atoms with E-state index in [1.807, 2.05) is 12.1 Å². The zero-order valence-corrected chi connectivity index (χ0v) is 13.2. The highest BCUT2D eigenvalue weighted by atomic mass is 16.5. The number of aryl methyl sites for hydroxylation is 1. The first kappa shape index (κ1) is 15.6. The summed E-state index contributed by atoms with van der Waals surface area (Å²) in [5.41, 5.74) is 4.00. The Kier molecular flexibility index (Phi) is 5.82. The summed E-state index contributed by atoms with van der Waals surface area (Å²) >= 11 is 0. The molecule has 0 heterocycles. The first-order chi connectivity index (χ1) is 10.2. The van der Waals surface area contributed by atoms with Crippen LogP contribution in [0.5, 0.6) is 5.75 Å². The zero-order chi connectivity index (χ0) is 15.1. The predicted molar refractivity (Wildman–Crippen MR) is 88.9 cm³/mol. The molecule has 0 aliphatic rings. The van der Waals surface area contributed by atoms with E-state index in [4.69, 9.17) is 4.74 Å². The van der Waals surface area contributed by atoms with Crippen LogP contribution in [0, 0.1) is 6.92 Å². The summed E-state index contributed by atoms with van der Waals surface area (Å²) < 4.78 is 5.24. The summed E-state index contributed by atoms with van der Waals surface area (Å²) in [5, 5.41) is 3.65. The molecular formula is C19H25NO. The second-order valence-electron chi connectivity index (χ2n) is 5.47. The van der Waals surface area contributed by atoms with Gasteiger partial charge in [-0.25, -0.2) is 0 Å². The van der Waals surface area contributed by atoms with Gasteiger partial charge in [0.2, 0.25) is 0 Å². The van der Waals surface area contributed by atoms with E-state index in [9.17, 15) is 0 Å². The summed E-state index contributed by atoms with van der Waals surface area (Å²) in [7, 11) is 1.70. The molecule has 0 saturated heterocycles. The number of hydrogen-bond donors (Lipinski definition) is 1. The van der Waals surface area contributed by atoms with Crippen molar-refractivity contribution >= 4 is 0 Å². The molecule has 0 aromatic heterocycles. The molecule has 1 N–H and O–H groups in total. The average Bonchev–Trinajstić information content (AvgIpc) is 2.51. The lowest BCUT2D eigenvalue weighted by Gasteiger charge is -2.20. The normalized spacial score (nSPS) is 12.1. The molecule has 2 aromatic carbocycles. The molecule has 2 rings (SSSR count). The lowest BCUT2D eigenvalue weighted by Crippen LogP contribution is -2.24. The first-order valence-electron chi connectivity index (χ1n) is 7.65. The Hall–Kier alpha value is -1.80. The fourth-order valence-electron chi connectivity index (χ4n) is 2.54. The van der Waals surface area contributed by atoms with Crippen molar-refractivity contribution < 1.29 is 4.74 Å². The molecular weight excluding hydrogens is 258 g/mol. The lowest BCUT2D eigenvalue weighted by atomic mass is 9.97. The maximum atomic E-state index is 5.24. The van der Waals surface area contributed by atoms with Crippen LogP contribution in [0.4, 0.5) is 0 Å². The molecule has 0 spiro atoms. The van der Waals surface area contributed by atoms with Crippen LogP contribution in [0.15, 0.2) is 48.5 Å². The van der Waals surface area contributed by atoms with Gasteiger partial charge in [0.1, 0.15) is 5.75 Å². The molecule has 0 saturated carbocycles. The van der Waals surface area contributed by atoms with Gasteiger partial charge in [0.05, 0.1) is 7.11 Å². The quantitative estimate of drug-likeness (QED) is 0.818. The maximum absolute atomic E-state index is 5.24. The third-order valence-corrected chi connectivity index (χ3v) is 3.68. The van der Waals surface area contributed by atoms with Crippen LogP contribution in [0.25, 0.3) is 0 Å². The maximum Gasteiger partial charge on any atom is 0.118 e. The molecule has 2 heteroatoms. The van der Waals surface area contributed by atoms with Crippen molar-refractivity contribution in [2.75, 3.05) is 13.7 Å². The second-order valence-corrected chi connectivity index (χ2v) is 5.47. The van der Waals surface area contributed by atoms with Crippen LogP contribution in [0.1, 0.15) is 36.1 Å². The molecule has 2 nitrogen and oxygen atoms in total. The van der Waals surface area contributed by atoms with Crippen LogP contribution in [0.3, 0.4) is 0 Å². The Balaban J connectivity index is 2.16. The highest BCUT2D eigenvalue weighted by Gasteiger charge is 2.11. The van der Waals surface area contributed by atoms with E-state index in [0.29, 0.717) is 6.04 Å². The Morgan fingerprint density at radius 3 is 2.48 bits per heavy atom. The summed E-state index contributed by atoms with van der Waals surface area (Å²) in [6, 6.07) is 17.5. The molecule has 0 fully saturated rings. The minimum absolute atomic E-state index is 0.345. The Morgan fingerprint density at radius 1 is 1.10 bits per heavy atom. The van der Waals surface area contributed by atoms with Crippen LogP contribution in [-0.4, -0.2) is 13.7 Å². The first-order valence-corrected chi connectivity index (χ1v) is 7.65. The van der Waals surface area contributed by atoms with Crippen LogP contribution in [-0.2, 0) is 6.42 Å². The van der Waals surface area contributed by atoms with Gasteiger partial charge in [0.15, 0.2) is 0 Å². The SMILES string of the molecule is CCCNC(Cc1cccc(C)c1)c1ccc(OC)cc1. The van der Waals surface area contributed by atoms with Crippen LogP contribution >= 0.6 is 0 Å². The van der Waals surface area contributed by atoms with E-state index in [-0.39, 0.29) is 0 Å². The predicted octanol–water partition coefficient (Wildman–Crippen LogP) is 4.29. The third kappa shape index (κ3) is 4.61. The van der Waals surface area contributed by atoms with Gasteiger partial charge in [-0.05, 0) is 49.6 Å². The molecule has 0 radical (unpaired) electrons. The van der Waals surface area contributed by atoms with Crippen molar-refractivity contribution in [2.45, 2.75) is 32.7 Å².